The Hall–Kier alpha value is -2.27. The van der Waals surface area contributed by atoms with Gasteiger partial charge in [0.05, 0.1) is 11.4 Å². The summed E-state index contributed by atoms with van der Waals surface area (Å²) in [6, 6.07) is 13.8. The number of nitrogens with one attached hydrogen (secondary N) is 1. The van der Waals surface area contributed by atoms with Gasteiger partial charge in [-0.3, -0.25) is 9.59 Å². The Labute approximate surface area is 145 Å². The molecule has 24 heavy (non-hydrogen) atoms. The number of hydrogen-bond acceptors (Lipinski definition) is 3. The molecule has 4 rings (SSSR count). The molecular formula is C19H18N2O2S. The van der Waals surface area contributed by atoms with E-state index in [2.05, 4.69) is 17.4 Å². The van der Waals surface area contributed by atoms with E-state index in [1.54, 1.807) is 4.90 Å². The van der Waals surface area contributed by atoms with Gasteiger partial charge in [0.15, 0.2) is 0 Å². The number of para-hydroxylation sites is 1. The second-order valence-corrected chi connectivity index (χ2v) is 7.14. The summed E-state index contributed by atoms with van der Waals surface area (Å²) >= 11 is 1.52. The minimum absolute atomic E-state index is 0.0252. The zero-order chi connectivity index (χ0) is 16.5. The molecule has 1 aliphatic heterocycles. The zero-order valence-corrected chi connectivity index (χ0v) is 14.1. The Bertz CT molecular complexity index is 819. The lowest BCUT2D eigenvalue weighted by Crippen LogP contribution is -2.41. The number of nitrogens with zero attached hydrogens (tertiary/aromatic N) is 1. The van der Waals surface area contributed by atoms with Crippen LogP contribution in [0.25, 0.3) is 0 Å². The molecule has 0 atom stereocenters. The van der Waals surface area contributed by atoms with E-state index in [0.717, 1.165) is 29.1 Å². The molecule has 0 saturated carbocycles. The summed E-state index contributed by atoms with van der Waals surface area (Å²) < 4.78 is 0. The number of hydrogen-bond donors (Lipinski definition) is 1. The van der Waals surface area contributed by atoms with Gasteiger partial charge in [-0.15, -0.1) is 11.8 Å². The van der Waals surface area contributed by atoms with Crippen molar-refractivity contribution >= 4 is 35.0 Å². The van der Waals surface area contributed by atoms with Crippen molar-refractivity contribution < 1.29 is 9.59 Å². The molecule has 0 bridgehead atoms. The Kier molecular flexibility index (Phi) is 4.02. The zero-order valence-electron chi connectivity index (χ0n) is 13.2. The summed E-state index contributed by atoms with van der Waals surface area (Å²) in [5.41, 5.74) is 4.34. The van der Waals surface area contributed by atoms with Crippen LogP contribution < -0.4 is 10.2 Å². The molecule has 0 saturated heterocycles. The number of anilines is 2. The number of aryl methyl sites for hydroxylation is 2. The Morgan fingerprint density at radius 3 is 2.88 bits per heavy atom. The first-order valence-electron chi connectivity index (χ1n) is 8.14. The molecule has 2 aromatic carbocycles. The van der Waals surface area contributed by atoms with Crippen molar-refractivity contribution in [1.82, 2.24) is 0 Å². The highest BCUT2D eigenvalue weighted by Gasteiger charge is 2.26. The molecule has 0 aromatic heterocycles. The molecule has 1 N–H and O–H groups in total. The van der Waals surface area contributed by atoms with Gasteiger partial charge >= 0.3 is 0 Å². The van der Waals surface area contributed by atoms with E-state index < -0.39 is 0 Å². The standard InChI is InChI=1S/C19H18N2O2S/c22-18(20-15-9-8-13-4-3-5-14(13)10-15)11-21-16-6-1-2-7-17(16)24-12-19(21)23/h1-2,6-10H,3-5,11-12H2,(H,20,22). The van der Waals surface area contributed by atoms with Crippen LogP contribution in [0.2, 0.25) is 0 Å². The number of carbonyl (C=O) groups excluding carboxylic acids is 2. The second-order valence-electron chi connectivity index (χ2n) is 6.12. The first-order valence-corrected chi connectivity index (χ1v) is 9.13. The molecule has 5 heteroatoms. The summed E-state index contributed by atoms with van der Waals surface area (Å²) in [6.45, 7) is 0.0491. The maximum Gasteiger partial charge on any atom is 0.244 e. The van der Waals surface area contributed by atoms with Crippen LogP contribution in [0.15, 0.2) is 47.4 Å². The smallest absolute Gasteiger partial charge is 0.244 e. The van der Waals surface area contributed by atoms with E-state index in [1.807, 2.05) is 30.3 Å². The molecule has 1 aliphatic carbocycles. The van der Waals surface area contributed by atoms with Gasteiger partial charge in [0.1, 0.15) is 6.54 Å². The summed E-state index contributed by atoms with van der Waals surface area (Å²) in [6.07, 6.45) is 3.39. The molecule has 0 radical (unpaired) electrons. The molecule has 1 heterocycles. The van der Waals surface area contributed by atoms with Crippen LogP contribution in [0.4, 0.5) is 11.4 Å². The summed E-state index contributed by atoms with van der Waals surface area (Å²) in [5.74, 6) is 0.189. The van der Waals surface area contributed by atoms with Gasteiger partial charge in [-0.2, -0.15) is 0 Å². The van der Waals surface area contributed by atoms with Crippen molar-refractivity contribution in [3.8, 4) is 0 Å². The van der Waals surface area contributed by atoms with Gasteiger partial charge in [0.25, 0.3) is 0 Å². The number of carbonyl (C=O) groups is 2. The molecule has 0 spiro atoms. The average molecular weight is 338 g/mol. The van der Waals surface area contributed by atoms with Crippen LogP contribution in [0, 0.1) is 0 Å². The molecule has 122 valence electrons. The third kappa shape index (κ3) is 2.91. The minimum atomic E-state index is -0.164. The predicted octanol–water partition coefficient (Wildman–Crippen LogP) is 3.25. The minimum Gasteiger partial charge on any atom is -0.325 e. The predicted molar refractivity (Wildman–Crippen MR) is 96.6 cm³/mol. The van der Waals surface area contributed by atoms with Crippen LogP contribution in [0.5, 0.6) is 0 Å². The maximum absolute atomic E-state index is 12.4. The first-order chi connectivity index (χ1) is 11.7. The normalized spacial score (nSPS) is 15.8. The van der Waals surface area contributed by atoms with E-state index in [1.165, 1.54) is 29.3 Å². The lowest BCUT2D eigenvalue weighted by Gasteiger charge is -2.28. The largest absolute Gasteiger partial charge is 0.325 e. The van der Waals surface area contributed by atoms with Crippen molar-refractivity contribution in [2.75, 3.05) is 22.5 Å². The number of amides is 2. The third-order valence-electron chi connectivity index (χ3n) is 4.49. The van der Waals surface area contributed by atoms with Crippen molar-refractivity contribution in [3.63, 3.8) is 0 Å². The van der Waals surface area contributed by atoms with Crippen LogP contribution in [-0.2, 0) is 22.4 Å². The van der Waals surface area contributed by atoms with Gasteiger partial charge in [-0.1, -0.05) is 18.2 Å². The van der Waals surface area contributed by atoms with E-state index in [0.29, 0.717) is 5.75 Å². The quantitative estimate of drug-likeness (QED) is 0.934. The molecule has 0 unspecified atom stereocenters. The van der Waals surface area contributed by atoms with Crippen molar-refractivity contribution in [2.24, 2.45) is 0 Å². The highest BCUT2D eigenvalue weighted by atomic mass is 32.2. The molecular weight excluding hydrogens is 320 g/mol. The fourth-order valence-electron chi connectivity index (χ4n) is 3.32. The number of rotatable bonds is 3. The Balaban J connectivity index is 1.49. The number of benzene rings is 2. The fourth-order valence-corrected chi connectivity index (χ4v) is 4.26. The van der Waals surface area contributed by atoms with Gasteiger partial charge < -0.3 is 10.2 Å². The molecule has 4 nitrogen and oxygen atoms in total. The van der Waals surface area contributed by atoms with Crippen LogP contribution in [0.3, 0.4) is 0 Å². The van der Waals surface area contributed by atoms with Gasteiger partial charge in [0.2, 0.25) is 11.8 Å². The lowest BCUT2D eigenvalue weighted by atomic mass is 10.1. The highest BCUT2D eigenvalue weighted by molar-refractivity contribution is 8.00. The van der Waals surface area contributed by atoms with Crippen LogP contribution in [-0.4, -0.2) is 24.1 Å². The molecule has 2 aliphatic rings. The topological polar surface area (TPSA) is 49.4 Å². The SMILES string of the molecule is O=C(CN1C(=O)CSc2ccccc21)Nc1ccc2c(c1)CCC2. The monoisotopic (exact) mass is 338 g/mol. The van der Waals surface area contributed by atoms with Crippen molar-refractivity contribution in [2.45, 2.75) is 24.2 Å². The Morgan fingerprint density at radius 2 is 1.96 bits per heavy atom. The fraction of sp³-hybridized carbons (Fsp3) is 0.263. The van der Waals surface area contributed by atoms with Gasteiger partial charge in [0, 0.05) is 10.6 Å². The van der Waals surface area contributed by atoms with Gasteiger partial charge in [-0.05, 0) is 54.7 Å². The second kappa shape index (κ2) is 6.32. The lowest BCUT2D eigenvalue weighted by molar-refractivity contribution is -0.120. The van der Waals surface area contributed by atoms with Crippen LogP contribution >= 0.6 is 11.8 Å². The van der Waals surface area contributed by atoms with E-state index in [-0.39, 0.29) is 18.4 Å². The number of fused-ring (bicyclic) bond motifs is 2. The Morgan fingerprint density at radius 1 is 1.12 bits per heavy atom. The average Bonchev–Trinajstić information content (AvgIpc) is 3.05. The summed E-state index contributed by atoms with van der Waals surface area (Å²) in [5, 5.41) is 2.93. The van der Waals surface area contributed by atoms with Crippen LogP contribution in [0.1, 0.15) is 17.5 Å². The summed E-state index contributed by atoms with van der Waals surface area (Å²) in [7, 11) is 0. The first kappa shape index (κ1) is 15.3. The molecule has 2 aromatic rings. The van der Waals surface area contributed by atoms with E-state index in [4.69, 9.17) is 0 Å². The summed E-state index contributed by atoms with van der Waals surface area (Å²) in [4.78, 5) is 27.3. The molecule has 2 amide bonds. The van der Waals surface area contributed by atoms with Gasteiger partial charge in [-0.25, -0.2) is 0 Å². The highest BCUT2D eigenvalue weighted by Crippen LogP contribution is 2.34. The molecule has 0 fully saturated rings. The maximum atomic E-state index is 12.4. The van der Waals surface area contributed by atoms with E-state index in [9.17, 15) is 9.59 Å². The van der Waals surface area contributed by atoms with Crippen molar-refractivity contribution in [3.05, 3.63) is 53.6 Å². The van der Waals surface area contributed by atoms with Crippen molar-refractivity contribution in [1.29, 1.82) is 0 Å². The van der Waals surface area contributed by atoms with E-state index >= 15 is 0 Å². The number of thioether (sulfide) groups is 1. The third-order valence-corrected chi connectivity index (χ3v) is 5.54.